The fraction of sp³-hybridized carbons (Fsp3) is 0.357. The van der Waals surface area contributed by atoms with Crippen LogP contribution in [0.4, 0.5) is 0 Å². The summed E-state index contributed by atoms with van der Waals surface area (Å²) in [6, 6.07) is 8.39. The van der Waals surface area contributed by atoms with E-state index in [0.717, 1.165) is 17.1 Å². The zero-order chi connectivity index (χ0) is 11.8. The second kappa shape index (κ2) is 4.00. The second-order valence-corrected chi connectivity index (χ2v) is 4.80. The minimum atomic E-state index is 0.546. The number of aromatic amines is 1. The molecular weight excluding hydrogens is 210 g/mol. The average Bonchev–Trinajstić information content (AvgIpc) is 3.08. The number of nitrogens with one attached hydrogen (secondary N) is 1. The van der Waals surface area contributed by atoms with E-state index in [4.69, 9.17) is 10.7 Å². The van der Waals surface area contributed by atoms with Crippen LogP contribution in [-0.4, -0.2) is 9.97 Å². The van der Waals surface area contributed by atoms with Crippen molar-refractivity contribution < 1.29 is 0 Å². The summed E-state index contributed by atoms with van der Waals surface area (Å²) in [6.07, 6.45) is 2.51. The lowest BCUT2D eigenvalue weighted by Crippen LogP contribution is -1.99. The monoisotopic (exact) mass is 227 g/mol. The standard InChI is InChI=1S/C14H17N3/c1-9-3-2-4-11(7-9)14-16-12(8-15)13(17-14)10-5-6-10/h2-4,7,10H,5-6,8,15H2,1H3,(H,16,17). The molecule has 1 aromatic heterocycles. The Balaban J connectivity index is 2.03. The van der Waals surface area contributed by atoms with Crippen molar-refractivity contribution >= 4 is 0 Å². The van der Waals surface area contributed by atoms with Crippen LogP contribution in [0.25, 0.3) is 11.4 Å². The normalized spacial score (nSPS) is 15.2. The van der Waals surface area contributed by atoms with Gasteiger partial charge >= 0.3 is 0 Å². The number of hydrogen-bond donors (Lipinski definition) is 2. The van der Waals surface area contributed by atoms with Gasteiger partial charge < -0.3 is 10.7 Å². The van der Waals surface area contributed by atoms with Gasteiger partial charge in [-0.25, -0.2) is 4.98 Å². The van der Waals surface area contributed by atoms with E-state index in [-0.39, 0.29) is 0 Å². The van der Waals surface area contributed by atoms with Gasteiger partial charge in [0.05, 0.1) is 11.4 Å². The van der Waals surface area contributed by atoms with Crippen molar-refractivity contribution in [1.82, 2.24) is 9.97 Å². The van der Waals surface area contributed by atoms with E-state index in [1.165, 1.54) is 24.1 Å². The fourth-order valence-corrected chi connectivity index (χ4v) is 2.20. The lowest BCUT2D eigenvalue weighted by Gasteiger charge is -1.97. The van der Waals surface area contributed by atoms with Crippen LogP contribution < -0.4 is 5.73 Å². The number of nitrogens with two attached hydrogens (primary N) is 1. The second-order valence-electron chi connectivity index (χ2n) is 4.80. The number of nitrogens with zero attached hydrogens (tertiary/aromatic N) is 1. The maximum Gasteiger partial charge on any atom is 0.137 e. The maximum absolute atomic E-state index is 5.77. The van der Waals surface area contributed by atoms with Crippen LogP contribution in [0.5, 0.6) is 0 Å². The van der Waals surface area contributed by atoms with Gasteiger partial charge in [0.2, 0.25) is 0 Å². The van der Waals surface area contributed by atoms with Crippen LogP contribution in [0.1, 0.15) is 35.7 Å². The molecule has 1 heterocycles. The van der Waals surface area contributed by atoms with Crippen molar-refractivity contribution in [2.75, 3.05) is 0 Å². The molecule has 1 fully saturated rings. The molecule has 1 aliphatic carbocycles. The van der Waals surface area contributed by atoms with Crippen molar-refractivity contribution in [3.8, 4) is 11.4 Å². The van der Waals surface area contributed by atoms with E-state index in [9.17, 15) is 0 Å². The molecule has 1 aliphatic rings. The first-order valence-electron chi connectivity index (χ1n) is 6.14. The molecule has 3 N–H and O–H groups in total. The molecule has 3 heteroatoms. The summed E-state index contributed by atoms with van der Waals surface area (Å²) in [6.45, 7) is 2.64. The average molecular weight is 227 g/mol. The molecule has 0 saturated heterocycles. The van der Waals surface area contributed by atoms with Gasteiger partial charge in [-0.05, 0) is 25.8 Å². The van der Waals surface area contributed by atoms with E-state index in [2.05, 4.69) is 36.2 Å². The highest BCUT2D eigenvalue weighted by Crippen LogP contribution is 2.41. The molecule has 1 saturated carbocycles. The van der Waals surface area contributed by atoms with Gasteiger partial charge in [0.25, 0.3) is 0 Å². The molecule has 88 valence electrons. The van der Waals surface area contributed by atoms with Crippen LogP contribution >= 0.6 is 0 Å². The summed E-state index contributed by atoms with van der Waals surface area (Å²) in [4.78, 5) is 8.08. The highest BCUT2D eigenvalue weighted by atomic mass is 15.0. The Labute approximate surface area is 101 Å². The summed E-state index contributed by atoms with van der Waals surface area (Å²) in [5, 5.41) is 0. The lowest BCUT2D eigenvalue weighted by atomic mass is 10.1. The number of aryl methyl sites for hydroxylation is 1. The van der Waals surface area contributed by atoms with Crippen molar-refractivity contribution in [3.63, 3.8) is 0 Å². The van der Waals surface area contributed by atoms with Gasteiger partial charge in [0, 0.05) is 18.0 Å². The number of H-pyrrole nitrogens is 1. The Morgan fingerprint density at radius 3 is 2.88 bits per heavy atom. The van der Waals surface area contributed by atoms with Crippen molar-refractivity contribution in [2.24, 2.45) is 5.73 Å². The summed E-state index contributed by atoms with van der Waals surface area (Å²) in [5.74, 6) is 1.60. The summed E-state index contributed by atoms with van der Waals surface area (Å²) in [7, 11) is 0. The Bertz CT molecular complexity index is 538. The predicted molar refractivity (Wildman–Crippen MR) is 68.6 cm³/mol. The third-order valence-electron chi connectivity index (χ3n) is 3.27. The van der Waals surface area contributed by atoms with Crippen LogP contribution in [0.3, 0.4) is 0 Å². The zero-order valence-corrected chi connectivity index (χ0v) is 10.0. The summed E-state index contributed by atoms with van der Waals surface area (Å²) < 4.78 is 0. The van der Waals surface area contributed by atoms with Gasteiger partial charge in [0.15, 0.2) is 0 Å². The summed E-state index contributed by atoms with van der Waals surface area (Å²) >= 11 is 0. The van der Waals surface area contributed by atoms with E-state index in [1.807, 2.05) is 0 Å². The highest BCUT2D eigenvalue weighted by Gasteiger charge is 2.29. The Morgan fingerprint density at radius 1 is 1.41 bits per heavy atom. The molecule has 0 atom stereocenters. The van der Waals surface area contributed by atoms with E-state index < -0.39 is 0 Å². The van der Waals surface area contributed by atoms with Gasteiger partial charge in [-0.15, -0.1) is 0 Å². The van der Waals surface area contributed by atoms with Crippen LogP contribution in [0.15, 0.2) is 24.3 Å². The Hall–Kier alpha value is -1.61. The SMILES string of the molecule is Cc1cccc(-c2nc(C3CC3)c(CN)[nH]2)c1. The minimum Gasteiger partial charge on any atom is -0.341 e. The van der Waals surface area contributed by atoms with Crippen LogP contribution in [0.2, 0.25) is 0 Å². The molecule has 0 radical (unpaired) electrons. The van der Waals surface area contributed by atoms with Crippen molar-refractivity contribution in [1.29, 1.82) is 0 Å². The highest BCUT2D eigenvalue weighted by molar-refractivity contribution is 5.57. The quantitative estimate of drug-likeness (QED) is 0.847. The third kappa shape index (κ3) is 1.98. The van der Waals surface area contributed by atoms with Gasteiger partial charge in [-0.2, -0.15) is 0 Å². The molecule has 0 unspecified atom stereocenters. The third-order valence-corrected chi connectivity index (χ3v) is 3.27. The smallest absolute Gasteiger partial charge is 0.137 e. The topological polar surface area (TPSA) is 54.7 Å². The molecule has 0 aliphatic heterocycles. The molecule has 3 rings (SSSR count). The van der Waals surface area contributed by atoms with E-state index >= 15 is 0 Å². The number of benzene rings is 1. The first-order valence-corrected chi connectivity index (χ1v) is 6.14. The van der Waals surface area contributed by atoms with Crippen molar-refractivity contribution in [2.45, 2.75) is 32.2 Å². The Morgan fingerprint density at radius 2 is 2.24 bits per heavy atom. The van der Waals surface area contributed by atoms with Gasteiger partial charge in [-0.1, -0.05) is 23.8 Å². The molecule has 3 nitrogen and oxygen atoms in total. The van der Waals surface area contributed by atoms with E-state index in [1.54, 1.807) is 0 Å². The van der Waals surface area contributed by atoms with E-state index in [0.29, 0.717) is 12.5 Å². The molecular formula is C14H17N3. The zero-order valence-electron chi connectivity index (χ0n) is 10.0. The molecule has 0 bridgehead atoms. The molecule has 0 spiro atoms. The van der Waals surface area contributed by atoms with Crippen molar-refractivity contribution in [3.05, 3.63) is 41.2 Å². The largest absolute Gasteiger partial charge is 0.341 e. The van der Waals surface area contributed by atoms with Crippen LogP contribution in [0, 0.1) is 6.92 Å². The summed E-state index contributed by atoms with van der Waals surface area (Å²) in [5.41, 5.74) is 10.4. The molecule has 17 heavy (non-hydrogen) atoms. The molecule has 1 aromatic carbocycles. The number of aromatic nitrogens is 2. The van der Waals surface area contributed by atoms with Gasteiger partial charge in [-0.3, -0.25) is 0 Å². The first-order chi connectivity index (χ1) is 8.28. The fourth-order valence-electron chi connectivity index (χ4n) is 2.20. The number of hydrogen-bond acceptors (Lipinski definition) is 2. The first kappa shape index (κ1) is 10.5. The maximum atomic E-state index is 5.77. The lowest BCUT2D eigenvalue weighted by molar-refractivity contribution is 0.944. The molecule has 0 amide bonds. The predicted octanol–water partition coefficient (Wildman–Crippen LogP) is 2.72. The minimum absolute atomic E-state index is 0.546. The van der Waals surface area contributed by atoms with Crippen LogP contribution in [-0.2, 0) is 6.54 Å². The number of imidazole rings is 1. The Kier molecular flexibility index (Phi) is 2.48. The molecule has 2 aromatic rings. The number of rotatable bonds is 3. The van der Waals surface area contributed by atoms with Gasteiger partial charge in [0.1, 0.15) is 5.82 Å².